The lowest BCUT2D eigenvalue weighted by molar-refractivity contribution is -0.0669. The summed E-state index contributed by atoms with van der Waals surface area (Å²) >= 11 is 0. The fourth-order valence-corrected chi connectivity index (χ4v) is 2.18. The maximum atomic E-state index is 13.6. The summed E-state index contributed by atoms with van der Waals surface area (Å²) in [7, 11) is 0. The molecule has 0 aliphatic carbocycles. The van der Waals surface area contributed by atoms with Crippen molar-refractivity contribution in [1.29, 1.82) is 0 Å². The van der Waals surface area contributed by atoms with E-state index in [-0.39, 0.29) is 6.54 Å². The third-order valence-corrected chi connectivity index (χ3v) is 3.28. The molecule has 16 heavy (non-hydrogen) atoms. The Bertz CT molecular complexity index is 343. The second-order valence-corrected chi connectivity index (χ2v) is 5.22. The number of hydrogen-bond acceptors (Lipinski definition) is 1. The first-order valence-electron chi connectivity index (χ1n) is 5.55. The van der Waals surface area contributed by atoms with Crippen molar-refractivity contribution < 1.29 is 8.78 Å². The lowest BCUT2D eigenvalue weighted by Crippen LogP contribution is -2.34. The van der Waals surface area contributed by atoms with Crippen molar-refractivity contribution in [1.82, 2.24) is 4.90 Å². The molecule has 0 atom stereocenters. The average Bonchev–Trinajstić information content (AvgIpc) is 2.36. The number of alkyl halides is 2. The normalized spacial score (nSPS) is 23.5. The molecule has 88 valence electrons. The summed E-state index contributed by atoms with van der Waals surface area (Å²) in [5.41, 5.74) is 0.179. The van der Waals surface area contributed by atoms with E-state index in [4.69, 9.17) is 0 Å². The summed E-state index contributed by atoms with van der Waals surface area (Å²) in [6.07, 6.45) is 0. The molecule has 0 N–H and O–H groups in total. The van der Waals surface area contributed by atoms with Crippen LogP contribution in [0.2, 0.25) is 0 Å². The van der Waals surface area contributed by atoms with Crippen LogP contribution in [0.4, 0.5) is 8.78 Å². The van der Waals surface area contributed by atoms with Crippen molar-refractivity contribution in [3.8, 4) is 0 Å². The highest BCUT2D eigenvalue weighted by molar-refractivity contribution is 5.15. The Kier molecular flexibility index (Phi) is 2.74. The zero-order valence-electron chi connectivity index (χ0n) is 9.71. The van der Waals surface area contributed by atoms with Crippen LogP contribution in [0.3, 0.4) is 0 Å². The third kappa shape index (κ3) is 2.09. The lowest BCUT2D eigenvalue weighted by atomic mass is 9.89. The number of halogens is 2. The van der Waals surface area contributed by atoms with Gasteiger partial charge in [-0.25, -0.2) is 8.78 Å². The second-order valence-electron chi connectivity index (χ2n) is 5.22. The first-order valence-corrected chi connectivity index (χ1v) is 5.55. The number of likely N-dealkylation sites (tertiary alicyclic amines) is 1. The van der Waals surface area contributed by atoms with E-state index in [0.717, 1.165) is 5.56 Å². The van der Waals surface area contributed by atoms with Crippen LogP contribution in [-0.4, -0.2) is 23.9 Å². The monoisotopic (exact) mass is 225 g/mol. The van der Waals surface area contributed by atoms with Gasteiger partial charge in [0.2, 0.25) is 0 Å². The van der Waals surface area contributed by atoms with Crippen LogP contribution < -0.4 is 0 Å². The van der Waals surface area contributed by atoms with Crippen LogP contribution in [0.15, 0.2) is 30.3 Å². The van der Waals surface area contributed by atoms with E-state index in [1.54, 1.807) is 13.8 Å². The molecular weight excluding hydrogens is 208 g/mol. The standard InChI is InChI=1S/C13H17F2N/c1-12(2)9-16(10-13(12,14)15)8-11-6-4-3-5-7-11/h3-7H,8-10H2,1-2H3. The molecule has 1 fully saturated rings. The zero-order chi connectivity index (χ0) is 11.8. The number of nitrogens with zero attached hydrogens (tertiary/aromatic N) is 1. The first-order chi connectivity index (χ1) is 7.41. The summed E-state index contributed by atoms with van der Waals surface area (Å²) in [5, 5.41) is 0. The van der Waals surface area contributed by atoms with Gasteiger partial charge in [0.25, 0.3) is 5.92 Å². The number of rotatable bonds is 2. The van der Waals surface area contributed by atoms with E-state index in [1.807, 2.05) is 35.2 Å². The van der Waals surface area contributed by atoms with Crippen molar-refractivity contribution in [2.24, 2.45) is 5.41 Å². The van der Waals surface area contributed by atoms with E-state index < -0.39 is 11.3 Å². The molecule has 1 aliphatic rings. The SMILES string of the molecule is CC1(C)CN(Cc2ccccc2)CC1(F)F. The zero-order valence-corrected chi connectivity index (χ0v) is 9.71. The molecule has 0 saturated carbocycles. The fourth-order valence-electron chi connectivity index (χ4n) is 2.18. The molecule has 1 aromatic carbocycles. The molecule has 1 aliphatic heterocycles. The summed E-state index contributed by atoms with van der Waals surface area (Å²) < 4.78 is 27.3. The summed E-state index contributed by atoms with van der Waals surface area (Å²) in [6.45, 7) is 4.21. The van der Waals surface area contributed by atoms with Gasteiger partial charge in [-0.15, -0.1) is 0 Å². The molecule has 0 bridgehead atoms. The lowest BCUT2D eigenvalue weighted by Gasteiger charge is -2.24. The fraction of sp³-hybridized carbons (Fsp3) is 0.538. The minimum absolute atomic E-state index is 0.130. The molecule has 0 aromatic heterocycles. The molecule has 2 rings (SSSR count). The summed E-state index contributed by atoms with van der Waals surface area (Å²) in [6, 6.07) is 9.77. The Balaban J connectivity index is 2.05. The minimum atomic E-state index is -2.58. The molecule has 0 radical (unpaired) electrons. The van der Waals surface area contributed by atoms with Crippen LogP contribution in [0.1, 0.15) is 19.4 Å². The summed E-state index contributed by atoms with van der Waals surface area (Å²) in [4.78, 5) is 1.83. The van der Waals surface area contributed by atoms with Crippen LogP contribution in [0, 0.1) is 5.41 Å². The minimum Gasteiger partial charge on any atom is -0.292 e. The molecule has 1 aromatic rings. The molecular formula is C13H17F2N. The van der Waals surface area contributed by atoms with Gasteiger partial charge in [0, 0.05) is 18.5 Å². The molecule has 1 heterocycles. The van der Waals surface area contributed by atoms with Gasteiger partial charge in [0.1, 0.15) is 0 Å². The van der Waals surface area contributed by atoms with E-state index in [0.29, 0.717) is 13.1 Å². The maximum Gasteiger partial charge on any atom is 0.266 e. The second kappa shape index (κ2) is 3.81. The van der Waals surface area contributed by atoms with Crippen LogP contribution in [0.25, 0.3) is 0 Å². The van der Waals surface area contributed by atoms with Crippen molar-refractivity contribution in [2.45, 2.75) is 26.3 Å². The topological polar surface area (TPSA) is 3.24 Å². The number of hydrogen-bond donors (Lipinski definition) is 0. The van der Waals surface area contributed by atoms with Gasteiger partial charge < -0.3 is 0 Å². The first kappa shape index (κ1) is 11.5. The van der Waals surface area contributed by atoms with Crippen molar-refractivity contribution >= 4 is 0 Å². The molecule has 0 spiro atoms. The Morgan fingerprint density at radius 1 is 1.12 bits per heavy atom. The van der Waals surface area contributed by atoms with Crippen LogP contribution in [0.5, 0.6) is 0 Å². The maximum absolute atomic E-state index is 13.6. The van der Waals surface area contributed by atoms with Gasteiger partial charge in [-0.2, -0.15) is 0 Å². The van der Waals surface area contributed by atoms with Gasteiger partial charge in [0.05, 0.1) is 6.54 Å². The van der Waals surface area contributed by atoms with E-state index in [9.17, 15) is 8.78 Å². The molecule has 1 nitrogen and oxygen atoms in total. The van der Waals surface area contributed by atoms with Crippen LogP contribution >= 0.6 is 0 Å². The van der Waals surface area contributed by atoms with Crippen LogP contribution in [-0.2, 0) is 6.54 Å². The number of benzene rings is 1. The van der Waals surface area contributed by atoms with E-state index in [1.165, 1.54) is 0 Å². The average molecular weight is 225 g/mol. The predicted octanol–water partition coefficient (Wildman–Crippen LogP) is 3.16. The highest BCUT2D eigenvalue weighted by atomic mass is 19.3. The Labute approximate surface area is 95.1 Å². The molecule has 3 heteroatoms. The van der Waals surface area contributed by atoms with Gasteiger partial charge in [-0.05, 0) is 5.56 Å². The third-order valence-electron chi connectivity index (χ3n) is 3.28. The van der Waals surface area contributed by atoms with E-state index >= 15 is 0 Å². The van der Waals surface area contributed by atoms with Gasteiger partial charge >= 0.3 is 0 Å². The van der Waals surface area contributed by atoms with Crippen molar-refractivity contribution in [3.63, 3.8) is 0 Å². The van der Waals surface area contributed by atoms with Gasteiger partial charge in [-0.1, -0.05) is 44.2 Å². The smallest absolute Gasteiger partial charge is 0.266 e. The quantitative estimate of drug-likeness (QED) is 0.747. The molecule has 0 unspecified atom stereocenters. The Hall–Kier alpha value is -0.960. The molecule has 0 amide bonds. The highest BCUT2D eigenvalue weighted by Gasteiger charge is 2.53. The molecule has 1 saturated heterocycles. The van der Waals surface area contributed by atoms with Crippen molar-refractivity contribution in [2.75, 3.05) is 13.1 Å². The van der Waals surface area contributed by atoms with Gasteiger partial charge in [-0.3, -0.25) is 4.90 Å². The van der Waals surface area contributed by atoms with Crippen molar-refractivity contribution in [3.05, 3.63) is 35.9 Å². The predicted molar refractivity (Wildman–Crippen MR) is 60.4 cm³/mol. The highest BCUT2D eigenvalue weighted by Crippen LogP contribution is 2.43. The largest absolute Gasteiger partial charge is 0.292 e. The van der Waals surface area contributed by atoms with Gasteiger partial charge in [0.15, 0.2) is 0 Å². The summed E-state index contributed by atoms with van der Waals surface area (Å²) in [5.74, 6) is -2.58. The Morgan fingerprint density at radius 2 is 1.75 bits per heavy atom. The Morgan fingerprint density at radius 3 is 2.25 bits per heavy atom. The van der Waals surface area contributed by atoms with E-state index in [2.05, 4.69) is 0 Å².